The third-order valence-electron chi connectivity index (χ3n) is 3.94. The summed E-state index contributed by atoms with van der Waals surface area (Å²) in [4.78, 5) is 0. The summed E-state index contributed by atoms with van der Waals surface area (Å²) in [5, 5.41) is 13.9. The minimum Gasteiger partial charge on any atom is -0.389 e. The zero-order valence-electron chi connectivity index (χ0n) is 10.4. The van der Waals surface area contributed by atoms with Gasteiger partial charge in [-0.05, 0) is 12.8 Å². The molecular formula is C13H25NO2. The van der Waals surface area contributed by atoms with Crippen molar-refractivity contribution in [3.05, 3.63) is 0 Å². The molecule has 0 atom stereocenters. The molecule has 16 heavy (non-hydrogen) atoms. The topological polar surface area (TPSA) is 41.5 Å². The van der Waals surface area contributed by atoms with E-state index in [1.807, 2.05) is 0 Å². The van der Waals surface area contributed by atoms with Gasteiger partial charge in [0, 0.05) is 18.5 Å². The average molecular weight is 227 g/mol. The molecule has 1 saturated heterocycles. The van der Waals surface area contributed by atoms with Crippen LogP contribution in [0.3, 0.4) is 0 Å². The second kappa shape index (κ2) is 5.03. The lowest BCUT2D eigenvalue weighted by Gasteiger charge is -2.39. The Hall–Kier alpha value is -0.120. The van der Waals surface area contributed by atoms with Crippen molar-refractivity contribution in [2.75, 3.05) is 26.3 Å². The van der Waals surface area contributed by atoms with Crippen LogP contribution in [0, 0.1) is 5.41 Å². The predicted octanol–water partition coefficient (Wildman–Crippen LogP) is 1.70. The number of aliphatic hydroxyl groups is 1. The molecule has 0 aromatic heterocycles. The molecule has 0 unspecified atom stereocenters. The van der Waals surface area contributed by atoms with Crippen molar-refractivity contribution in [1.29, 1.82) is 0 Å². The van der Waals surface area contributed by atoms with Gasteiger partial charge in [-0.25, -0.2) is 0 Å². The van der Waals surface area contributed by atoms with Gasteiger partial charge in [0.25, 0.3) is 0 Å². The maximum absolute atomic E-state index is 10.4. The minimum absolute atomic E-state index is 0.307. The van der Waals surface area contributed by atoms with Gasteiger partial charge in [-0.15, -0.1) is 0 Å². The molecule has 0 aromatic rings. The van der Waals surface area contributed by atoms with Crippen molar-refractivity contribution >= 4 is 0 Å². The van der Waals surface area contributed by atoms with Crippen LogP contribution < -0.4 is 5.32 Å². The van der Waals surface area contributed by atoms with E-state index in [0.717, 1.165) is 39.1 Å². The largest absolute Gasteiger partial charge is 0.389 e. The molecule has 2 aliphatic rings. The van der Waals surface area contributed by atoms with Gasteiger partial charge in [-0.3, -0.25) is 0 Å². The Kier molecular flexibility index (Phi) is 3.88. The van der Waals surface area contributed by atoms with Gasteiger partial charge in [0.15, 0.2) is 0 Å². The van der Waals surface area contributed by atoms with E-state index in [0.29, 0.717) is 5.41 Å². The third kappa shape index (κ3) is 3.19. The van der Waals surface area contributed by atoms with Gasteiger partial charge < -0.3 is 15.2 Å². The molecule has 2 fully saturated rings. The van der Waals surface area contributed by atoms with E-state index in [9.17, 15) is 5.11 Å². The number of hydrogen-bond donors (Lipinski definition) is 2. The fourth-order valence-corrected chi connectivity index (χ4v) is 2.71. The molecule has 1 saturated carbocycles. The molecule has 3 heteroatoms. The number of rotatable bonds is 4. The van der Waals surface area contributed by atoms with E-state index >= 15 is 0 Å². The van der Waals surface area contributed by atoms with Gasteiger partial charge in [0.1, 0.15) is 0 Å². The Labute approximate surface area is 98.6 Å². The SMILES string of the molecule is CC1(CNCC2(O)CCCCCC2)COC1. The van der Waals surface area contributed by atoms with Crippen LogP contribution in [0.1, 0.15) is 45.4 Å². The van der Waals surface area contributed by atoms with Crippen LogP contribution in [0.15, 0.2) is 0 Å². The average Bonchev–Trinajstić information content (AvgIpc) is 2.41. The Morgan fingerprint density at radius 2 is 1.69 bits per heavy atom. The molecule has 94 valence electrons. The van der Waals surface area contributed by atoms with Crippen LogP contribution in [-0.4, -0.2) is 37.0 Å². The van der Waals surface area contributed by atoms with Gasteiger partial charge in [-0.2, -0.15) is 0 Å². The number of hydrogen-bond acceptors (Lipinski definition) is 3. The molecule has 0 radical (unpaired) electrons. The first-order valence-electron chi connectivity index (χ1n) is 6.63. The monoisotopic (exact) mass is 227 g/mol. The molecule has 2 rings (SSSR count). The lowest BCUT2D eigenvalue weighted by molar-refractivity contribution is -0.101. The van der Waals surface area contributed by atoms with Crippen molar-refractivity contribution in [2.45, 2.75) is 51.0 Å². The molecule has 2 N–H and O–H groups in total. The van der Waals surface area contributed by atoms with Crippen molar-refractivity contribution in [1.82, 2.24) is 5.32 Å². The van der Waals surface area contributed by atoms with Crippen LogP contribution >= 0.6 is 0 Å². The standard InChI is InChI=1S/C13H25NO2/c1-12(10-16-11-12)8-14-9-13(15)6-4-2-3-5-7-13/h14-15H,2-11H2,1H3. The third-order valence-corrected chi connectivity index (χ3v) is 3.94. The van der Waals surface area contributed by atoms with Crippen LogP contribution in [0.5, 0.6) is 0 Å². The molecule has 3 nitrogen and oxygen atoms in total. The smallest absolute Gasteiger partial charge is 0.0771 e. The molecule has 0 bridgehead atoms. The van der Waals surface area contributed by atoms with Crippen molar-refractivity contribution < 1.29 is 9.84 Å². The summed E-state index contributed by atoms with van der Waals surface area (Å²) in [6, 6.07) is 0. The number of ether oxygens (including phenoxy) is 1. The molecule has 1 aliphatic carbocycles. The Balaban J connectivity index is 1.70. The van der Waals surface area contributed by atoms with Crippen LogP contribution in [0.2, 0.25) is 0 Å². The van der Waals surface area contributed by atoms with Gasteiger partial charge in [0.2, 0.25) is 0 Å². The highest BCUT2D eigenvalue weighted by molar-refractivity contribution is 4.87. The Morgan fingerprint density at radius 3 is 2.19 bits per heavy atom. The molecule has 0 amide bonds. The van der Waals surface area contributed by atoms with Gasteiger partial charge >= 0.3 is 0 Å². The quantitative estimate of drug-likeness (QED) is 0.718. The zero-order chi connectivity index (χ0) is 11.5. The normalized spacial score (nSPS) is 28.1. The van der Waals surface area contributed by atoms with E-state index < -0.39 is 5.60 Å². The highest BCUT2D eigenvalue weighted by atomic mass is 16.5. The number of nitrogens with one attached hydrogen (secondary N) is 1. The molecular weight excluding hydrogens is 202 g/mol. The summed E-state index contributed by atoms with van der Waals surface area (Å²) in [6.45, 7) is 5.68. The van der Waals surface area contributed by atoms with E-state index in [4.69, 9.17) is 4.74 Å². The first-order valence-corrected chi connectivity index (χ1v) is 6.63. The van der Waals surface area contributed by atoms with E-state index in [1.54, 1.807) is 0 Å². The van der Waals surface area contributed by atoms with Gasteiger partial charge in [0.05, 0.1) is 18.8 Å². The predicted molar refractivity (Wildman–Crippen MR) is 64.4 cm³/mol. The summed E-state index contributed by atoms with van der Waals surface area (Å²) in [5.41, 5.74) is -0.140. The highest BCUT2D eigenvalue weighted by Crippen LogP contribution is 2.28. The second-order valence-corrected chi connectivity index (χ2v) is 6.05. The van der Waals surface area contributed by atoms with E-state index in [2.05, 4.69) is 12.2 Å². The summed E-state index contributed by atoms with van der Waals surface area (Å²) in [7, 11) is 0. The van der Waals surface area contributed by atoms with Gasteiger partial charge in [-0.1, -0.05) is 32.6 Å². The van der Waals surface area contributed by atoms with Crippen molar-refractivity contribution in [3.63, 3.8) is 0 Å². The Morgan fingerprint density at radius 1 is 1.06 bits per heavy atom. The van der Waals surface area contributed by atoms with E-state index in [1.165, 1.54) is 25.7 Å². The minimum atomic E-state index is -0.447. The zero-order valence-corrected chi connectivity index (χ0v) is 10.4. The summed E-state index contributed by atoms with van der Waals surface area (Å²) >= 11 is 0. The lowest BCUT2D eigenvalue weighted by atomic mass is 9.88. The van der Waals surface area contributed by atoms with Crippen LogP contribution in [0.4, 0.5) is 0 Å². The summed E-state index contributed by atoms with van der Waals surface area (Å²) < 4.78 is 5.22. The first kappa shape index (κ1) is 12.3. The van der Waals surface area contributed by atoms with Crippen molar-refractivity contribution in [2.24, 2.45) is 5.41 Å². The second-order valence-electron chi connectivity index (χ2n) is 6.05. The highest BCUT2D eigenvalue weighted by Gasteiger charge is 2.34. The fourth-order valence-electron chi connectivity index (χ4n) is 2.71. The molecule has 1 heterocycles. The Bertz CT molecular complexity index is 218. The molecule has 0 spiro atoms. The fraction of sp³-hybridized carbons (Fsp3) is 1.00. The maximum Gasteiger partial charge on any atom is 0.0771 e. The van der Waals surface area contributed by atoms with Crippen LogP contribution in [-0.2, 0) is 4.74 Å². The van der Waals surface area contributed by atoms with Crippen LogP contribution in [0.25, 0.3) is 0 Å². The first-order chi connectivity index (χ1) is 7.62. The molecule has 0 aromatic carbocycles. The summed E-state index contributed by atoms with van der Waals surface area (Å²) in [5.74, 6) is 0. The summed E-state index contributed by atoms with van der Waals surface area (Å²) in [6.07, 6.45) is 6.86. The molecule has 1 aliphatic heterocycles. The van der Waals surface area contributed by atoms with E-state index in [-0.39, 0.29) is 0 Å². The maximum atomic E-state index is 10.4. The van der Waals surface area contributed by atoms with Crippen molar-refractivity contribution in [3.8, 4) is 0 Å². The lowest BCUT2D eigenvalue weighted by Crippen LogP contribution is -2.50.